The number of amides is 1. The highest BCUT2D eigenvalue weighted by atomic mass is 16.2. The number of imidazole rings is 1. The third-order valence-corrected chi connectivity index (χ3v) is 4.02. The Bertz CT molecular complexity index is 624. The van der Waals surface area contributed by atoms with Gasteiger partial charge in [-0.05, 0) is 19.2 Å². The van der Waals surface area contributed by atoms with E-state index in [1.165, 1.54) is 0 Å². The zero-order valence-corrected chi connectivity index (χ0v) is 12.3. The first kappa shape index (κ1) is 13.8. The van der Waals surface area contributed by atoms with Crippen LogP contribution in [-0.4, -0.2) is 56.9 Å². The number of aromatic nitrogens is 3. The van der Waals surface area contributed by atoms with Gasteiger partial charge in [-0.2, -0.15) is 0 Å². The average molecular weight is 285 g/mol. The molecule has 0 radical (unpaired) electrons. The molecule has 110 valence electrons. The van der Waals surface area contributed by atoms with Crippen LogP contribution in [0.1, 0.15) is 22.2 Å². The molecule has 1 amide bonds. The van der Waals surface area contributed by atoms with Gasteiger partial charge in [-0.15, -0.1) is 0 Å². The van der Waals surface area contributed by atoms with Crippen molar-refractivity contribution in [3.8, 4) is 0 Å². The second-order valence-electron chi connectivity index (χ2n) is 5.38. The van der Waals surface area contributed by atoms with Crippen LogP contribution in [-0.2, 0) is 7.05 Å². The molecule has 0 unspecified atom stereocenters. The molecule has 2 aromatic heterocycles. The van der Waals surface area contributed by atoms with Crippen LogP contribution < -0.4 is 0 Å². The minimum atomic E-state index is 0.0599. The summed E-state index contributed by atoms with van der Waals surface area (Å²) in [6.45, 7) is 2.23. The fourth-order valence-corrected chi connectivity index (χ4v) is 2.71. The zero-order valence-electron chi connectivity index (χ0n) is 12.3. The fourth-order valence-electron chi connectivity index (χ4n) is 2.71. The Morgan fingerprint density at radius 2 is 1.95 bits per heavy atom. The fraction of sp³-hybridized carbons (Fsp3) is 0.400. The summed E-state index contributed by atoms with van der Waals surface area (Å²) in [5.41, 5.74) is 0.688. The largest absolute Gasteiger partial charge is 0.337 e. The number of likely N-dealkylation sites (N-methyl/N-ethyl adjacent to an activating group) is 1. The number of carbonyl (C=O) groups excluding carboxylic acids is 1. The molecule has 0 N–H and O–H groups in total. The highest BCUT2D eigenvalue weighted by molar-refractivity contribution is 5.94. The van der Waals surface area contributed by atoms with Crippen molar-refractivity contribution in [1.29, 1.82) is 0 Å². The van der Waals surface area contributed by atoms with E-state index in [0.29, 0.717) is 12.1 Å². The molecule has 6 heteroatoms. The first-order valence-corrected chi connectivity index (χ1v) is 7.03. The van der Waals surface area contributed by atoms with Crippen LogP contribution in [0.4, 0.5) is 0 Å². The normalized spacial score (nSPS) is 19.7. The number of hydrogen-bond donors (Lipinski definition) is 0. The van der Waals surface area contributed by atoms with E-state index in [0.717, 1.165) is 18.9 Å². The van der Waals surface area contributed by atoms with Crippen LogP contribution in [0.2, 0.25) is 0 Å². The molecule has 2 aromatic rings. The molecule has 1 saturated heterocycles. The van der Waals surface area contributed by atoms with Crippen molar-refractivity contribution in [3.05, 3.63) is 48.3 Å². The van der Waals surface area contributed by atoms with Gasteiger partial charge >= 0.3 is 0 Å². The lowest BCUT2D eigenvalue weighted by molar-refractivity contribution is 0.0528. The molecule has 0 spiro atoms. The van der Waals surface area contributed by atoms with Gasteiger partial charge in [-0.3, -0.25) is 14.7 Å². The maximum atomic E-state index is 12.6. The lowest BCUT2D eigenvalue weighted by Crippen LogP contribution is -2.49. The van der Waals surface area contributed by atoms with Crippen LogP contribution in [0, 0.1) is 0 Å². The molecule has 1 aliphatic heterocycles. The summed E-state index contributed by atoms with van der Waals surface area (Å²) in [5, 5.41) is 0. The smallest absolute Gasteiger partial charge is 0.254 e. The van der Waals surface area contributed by atoms with Gasteiger partial charge < -0.3 is 9.47 Å². The summed E-state index contributed by atoms with van der Waals surface area (Å²) >= 11 is 0. The maximum absolute atomic E-state index is 12.6. The molecule has 0 aromatic carbocycles. The number of pyridine rings is 1. The summed E-state index contributed by atoms with van der Waals surface area (Å²) in [6, 6.07) is 3.65. The van der Waals surface area contributed by atoms with E-state index in [1.54, 1.807) is 30.7 Å². The van der Waals surface area contributed by atoms with E-state index in [2.05, 4.69) is 21.9 Å². The number of rotatable bonds is 2. The third kappa shape index (κ3) is 2.67. The first-order valence-electron chi connectivity index (χ1n) is 7.03. The van der Waals surface area contributed by atoms with E-state index in [1.807, 2.05) is 22.7 Å². The molecule has 1 fully saturated rings. The first-order chi connectivity index (χ1) is 10.2. The van der Waals surface area contributed by atoms with Gasteiger partial charge in [0.05, 0.1) is 6.04 Å². The molecule has 3 rings (SSSR count). The summed E-state index contributed by atoms with van der Waals surface area (Å²) < 4.78 is 2.02. The van der Waals surface area contributed by atoms with E-state index in [-0.39, 0.29) is 11.9 Å². The van der Waals surface area contributed by atoms with Gasteiger partial charge in [-0.1, -0.05) is 0 Å². The van der Waals surface area contributed by atoms with Crippen LogP contribution in [0.25, 0.3) is 0 Å². The van der Waals surface area contributed by atoms with Crippen molar-refractivity contribution >= 4 is 5.91 Å². The summed E-state index contributed by atoms with van der Waals surface area (Å²) in [4.78, 5) is 25.1. The van der Waals surface area contributed by atoms with Gasteiger partial charge in [0, 0.05) is 57.0 Å². The van der Waals surface area contributed by atoms with Crippen molar-refractivity contribution in [2.75, 3.05) is 26.7 Å². The minimum absolute atomic E-state index is 0.0599. The average Bonchev–Trinajstić information content (AvgIpc) is 2.94. The molecule has 21 heavy (non-hydrogen) atoms. The standard InChI is InChI=1S/C15H19N5O/c1-18-9-10-20(15(21)12-3-5-16-6-4-12)11-13(18)14-17-7-8-19(14)2/h3-8,13H,9-11H2,1-2H3/t13-/m0/s1. The SMILES string of the molecule is CN1CCN(C(=O)c2ccncc2)C[C@H]1c1nccn1C. The van der Waals surface area contributed by atoms with E-state index >= 15 is 0 Å². The van der Waals surface area contributed by atoms with Gasteiger partial charge in [-0.25, -0.2) is 4.98 Å². The molecule has 3 heterocycles. The lowest BCUT2D eigenvalue weighted by atomic mass is 10.1. The topological polar surface area (TPSA) is 54.3 Å². The van der Waals surface area contributed by atoms with Gasteiger partial charge in [0.2, 0.25) is 0 Å². The number of piperazine rings is 1. The summed E-state index contributed by atoms with van der Waals surface area (Å²) in [7, 11) is 4.06. The second kappa shape index (κ2) is 5.65. The quantitative estimate of drug-likeness (QED) is 0.824. The highest BCUT2D eigenvalue weighted by Gasteiger charge is 2.30. The molecule has 1 aliphatic rings. The van der Waals surface area contributed by atoms with E-state index < -0.39 is 0 Å². The minimum Gasteiger partial charge on any atom is -0.337 e. The van der Waals surface area contributed by atoms with Crippen LogP contribution in [0.5, 0.6) is 0 Å². The Hall–Kier alpha value is -2.21. The van der Waals surface area contributed by atoms with Crippen molar-refractivity contribution in [2.45, 2.75) is 6.04 Å². The molecular formula is C15H19N5O. The predicted molar refractivity (Wildman–Crippen MR) is 78.7 cm³/mol. The number of aryl methyl sites for hydroxylation is 1. The predicted octanol–water partition coefficient (Wildman–Crippen LogP) is 0.944. The van der Waals surface area contributed by atoms with E-state index in [4.69, 9.17) is 0 Å². The molecule has 1 atom stereocenters. The van der Waals surface area contributed by atoms with E-state index in [9.17, 15) is 4.79 Å². The molecule has 6 nitrogen and oxygen atoms in total. The monoisotopic (exact) mass is 285 g/mol. The second-order valence-corrected chi connectivity index (χ2v) is 5.38. The Balaban J connectivity index is 1.80. The van der Waals surface area contributed by atoms with Crippen molar-refractivity contribution < 1.29 is 4.79 Å². The third-order valence-electron chi connectivity index (χ3n) is 4.02. The Morgan fingerprint density at radius 1 is 1.19 bits per heavy atom. The van der Waals surface area contributed by atoms with Gasteiger partial charge in [0.25, 0.3) is 5.91 Å². The highest BCUT2D eigenvalue weighted by Crippen LogP contribution is 2.23. The lowest BCUT2D eigenvalue weighted by Gasteiger charge is -2.39. The van der Waals surface area contributed by atoms with Gasteiger partial charge in [0.1, 0.15) is 5.82 Å². The molecule has 0 bridgehead atoms. The Labute approximate surface area is 124 Å². The van der Waals surface area contributed by atoms with Crippen LogP contribution >= 0.6 is 0 Å². The van der Waals surface area contributed by atoms with Crippen molar-refractivity contribution in [3.63, 3.8) is 0 Å². The Morgan fingerprint density at radius 3 is 2.62 bits per heavy atom. The maximum Gasteiger partial charge on any atom is 0.254 e. The van der Waals surface area contributed by atoms with Crippen molar-refractivity contribution in [1.82, 2.24) is 24.3 Å². The summed E-state index contributed by atoms with van der Waals surface area (Å²) in [6.07, 6.45) is 7.04. The Kier molecular flexibility index (Phi) is 3.70. The van der Waals surface area contributed by atoms with Crippen LogP contribution in [0.3, 0.4) is 0 Å². The summed E-state index contributed by atoms with van der Waals surface area (Å²) in [5.74, 6) is 1.05. The number of carbonyl (C=O) groups is 1. The molecule has 0 saturated carbocycles. The van der Waals surface area contributed by atoms with Gasteiger partial charge in [0.15, 0.2) is 0 Å². The van der Waals surface area contributed by atoms with Crippen LogP contribution in [0.15, 0.2) is 36.9 Å². The number of nitrogens with zero attached hydrogens (tertiary/aromatic N) is 5. The molecular weight excluding hydrogens is 266 g/mol. The number of hydrogen-bond acceptors (Lipinski definition) is 4. The van der Waals surface area contributed by atoms with Crippen molar-refractivity contribution in [2.24, 2.45) is 7.05 Å². The molecule has 0 aliphatic carbocycles. The zero-order chi connectivity index (χ0) is 14.8.